The molecule has 8 nitrogen and oxygen atoms in total. The Balaban J connectivity index is 1.87. The van der Waals surface area contributed by atoms with Crippen molar-refractivity contribution in [1.82, 2.24) is 5.43 Å². The predicted octanol–water partition coefficient (Wildman–Crippen LogP) is 6.58. The van der Waals surface area contributed by atoms with Crippen molar-refractivity contribution in [3.63, 3.8) is 0 Å². The number of carbonyl (C=O) groups is 1. The number of non-ortho nitro benzene ring substituents is 1. The summed E-state index contributed by atoms with van der Waals surface area (Å²) >= 11 is 24.8. The molecule has 1 saturated heterocycles. The van der Waals surface area contributed by atoms with Gasteiger partial charge < -0.3 is 5.11 Å². The van der Waals surface area contributed by atoms with Gasteiger partial charge in [-0.2, -0.15) is 0 Å². The number of carbonyl (C=O) groups excluding carboxylic acids is 1. The molecular weight excluding hydrogens is 526 g/mol. The van der Waals surface area contributed by atoms with E-state index in [-0.39, 0.29) is 54.3 Å². The molecule has 1 aliphatic heterocycles. The lowest BCUT2D eigenvalue weighted by Gasteiger charge is -2.18. The molecule has 0 spiro atoms. The Morgan fingerprint density at radius 3 is 2.24 bits per heavy atom. The van der Waals surface area contributed by atoms with E-state index in [2.05, 4.69) is 10.4 Å². The van der Waals surface area contributed by atoms with Crippen LogP contribution in [0.1, 0.15) is 5.56 Å². The van der Waals surface area contributed by atoms with Crippen molar-refractivity contribution >= 4 is 81.3 Å². The Hall–Kier alpha value is -3.30. The van der Waals surface area contributed by atoms with Crippen molar-refractivity contribution in [3.8, 4) is 5.75 Å². The van der Waals surface area contributed by atoms with Crippen LogP contribution < -0.4 is 10.4 Å². The zero-order chi connectivity index (χ0) is 24.6. The number of hydrogen-bond donors (Lipinski definition) is 2. The van der Waals surface area contributed by atoms with Crippen LogP contribution in [0.25, 0.3) is 6.08 Å². The SMILES string of the molecule is O=C1/C(=C\c2ccc(O)cc2)C(=Nc2cc([N+](=O)[O-])ccc2Cl)NN1c1c(Cl)cc(Cl)cc1Cl. The number of nitrogens with zero attached hydrogens (tertiary/aromatic N) is 3. The zero-order valence-corrected chi connectivity index (χ0v) is 19.8. The van der Waals surface area contributed by atoms with Crippen molar-refractivity contribution in [2.24, 2.45) is 4.99 Å². The number of rotatable bonds is 4. The van der Waals surface area contributed by atoms with Crippen molar-refractivity contribution in [1.29, 1.82) is 0 Å². The number of hydrazine groups is 1. The number of benzene rings is 3. The third-order valence-electron chi connectivity index (χ3n) is 4.69. The van der Waals surface area contributed by atoms with Gasteiger partial charge in [0, 0.05) is 17.2 Å². The molecule has 2 N–H and O–H groups in total. The van der Waals surface area contributed by atoms with Crippen LogP contribution in [0.2, 0.25) is 20.1 Å². The number of phenolic OH excluding ortho intramolecular Hbond substituents is 1. The molecule has 0 aromatic heterocycles. The molecule has 1 fully saturated rings. The first-order valence-electron chi connectivity index (χ1n) is 9.43. The second kappa shape index (κ2) is 9.52. The Kier molecular flexibility index (Phi) is 6.67. The van der Waals surface area contributed by atoms with Gasteiger partial charge in [0.15, 0.2) is 5.84 Å². The number of nitro benzene ring substituents is 1. The molecule has 4 rings (SSSR count). The second-order valence-electron chi connectivity index (χ2n) is 6.97. The van der Waals surface area contributed by atoms with Gasteiger partial charge >= 0.3 is 0 Å². The molecule has 1 amide bonds. The standard InChI is InChI=1S/C22H12Cl4N4O4/c23-12-8-17(25)20(18(26)9-12)29-22(32)15(7-11-1-4-14(31)5-2-11)21(28-29)27-19-10-13(30(33)34)3-6-16(19)24/h1-10,31H,(H,27,28)/b15-7-. The number of aromatic hydroxyl groups is 1. The molecule has 1 aliphatic rings. The van der Waals surface area contributed by atoms with E-state index < -0.39 is 10.8 Å². The Morgan fingerprint density at radius 1 is 0.971 bits per heavy atom. The minimum absolute atomic E-state index is 0.0440. The van der Waals surface area contributed by atoms with Crippen LogP contribution >= 0.6 is 46.4 Å². The average Bonchev–Trinajstić information content (AvgIpc) is 3.05. The van der Waals surface area contributed by atoms with E-state index in [1.54, 1.807) is 12.1 Å². The van der Waals surface area contributed by atoms with Gasteiger partial charge in [0.1, 0.15) is 11.4 Å². The van der Waals surface area contributed by atoms with Crippen molar-refractivity contribution in [3.05, 3.63) is 95.9 Å². The molecule has 0 atom stereocenters. The number of hydrogen-bond acceptors (Lipinski definition) is 5. The maximum Gasteiger partial charge on any atom is 0.280 e. The van der Waals surface area contributed by atoms with Gasteiger partial charge in [-0.1, -0.05) is 58.5 Å². The highest BCUT2D eigenvalue weighted by atomic mass is 35.5. The molecule has 1 heterocycles. The third kappa shape index (κ3) is 4.80. The van der Waals surface area contributed by atoms with Crippen LogP contribution in [-0.2, 0) is 4.79 Å². The molecule has 172 valence electrons. The summed E-state index contributed by atoms with van der Waals surface area (Å²) in [5, 5.41) is 22.5. The van der Waals surface area contributed by atoms with Crippen LogP contribution in [0, 0.1) is 10.1 Å². The zero-order valence-electron chi connectivity index (χ0n) is 16.8. The highest BCUT2D eigenvalue weighted by Crippen LogP contribution is 2.39. The summed E-state index contributed by atoms with van der Waals surface area (Å²) in [5.41, 5.74) is 3.50. The summed E-state index contributed by atoms with van der Waals surface area (Å²) in [6.07, 6.45) is 1.52. The number of halogens is 4. The lowest BCUT2D eigenvalue weighted by atomic mass is 10.1. The predicted molar refractivity (Wildman–Crippen MR) is 133 cm³/mol. The molecule has 3 aromatic rings. The van der Waals surface area contributed by atoms with E-state index in [4.69, 9.17) is 46.4 Å². The van der Waals surface area contributed by atoms with E-state index in [0.29, 0.717) is 5.56 Å². The monoisotopic (exact) mass is 536 g/mol. The molecule has 0 radical (unpaired) electrons. The van der Waals surface area contributed by atoms with Gasteiger partial charge in [-0.05, 0) is 42.0 Å². The fourth-order valence-corrected chi connectivity index (χ4v) is 4.26. The summed E-state index contributed by atoms with van der Waals surface area (Å²) in [6, 6.07) is 12.7. The van der Waals surface area contributed by atoms with Crippen LogP contribution in [0.4, 0.5) is 17.1 Å². The topological polar surface area (TPSA) is 108 Å². The Bertz CT molecular complexity index is 1370. The first-order chi connectivity index (χ1) is 16.1. The number of nitrogens with one attached hydrogen (secondary N) is 1. The van der Waals surface area contributed by atoms with Gasteiger partial charge in [-0.15, -0.1) is 0 Å². The quantitative estimate of drug-likeness (QED) is 0.222. The van der Waals surface area contributed by atoms with Crippen LogP contribution in [-0.4, -0.2) is 21.8 Å². The van der Waals surface area contributed by atoms with E-state index in [0.717, 1.165) is 5.01 Å². The normalized spacial score (nSPS) is 15.8. The van der Waals surface area contributed by atoms with Crippen LogP contribution in [0.5, 0.6) is 5.75 Å². The second-order valence-corrected chi connectivity index (χ2v) is 8.63. The Morgan fingerprint density at radius 2 is 1.62 bits per heavy atom. The van der Waals surface area contributed by atoms with Crippen LogP contribution in [0.15, 0.2) is 65.2 Å². The maximum absolute atomic E-state index is 13.4. The number of anilines is 1. The van der Waals surface area contributed by atoms with Gasteiger partial charge in [-0.25, -0.2) is 10.0 Å². The highest BCUT2D eigenvalue weighted by Gasteiger charge is 2.35. The summed E-state index contributed by atoms with van der Waals surface area (Å²) in [4.78, 5) is 28.4. The van der Waals surface area contributed by atoms with E-state index in [1.807, 2.05) is 0 Å². The number of aliphatic imine (C=N–C) groups is 1. The molecule has 0 saturated carbocycles. The third-order valence-corrected chi connectivity index (χ3v) is 5.80. The van der Waals surface area contributed by atoms with E-state index in [1.165, 1.54) is 48.5 Å². The molecule has 0 aliphatic carbocycles. The molecule has 34 heavy (non-hydrogen) atoms. The lowest BCUT2D eigenvalue weighted by molar-refractivity contribution is -0.384. The minimum Gasteiger partial charge on any atom is -0.508 e. The van der Waals surface area contributed by atoms with Crippen LogP contribution in [0.3, 0.4) is 0 Å². The molecular formula is C22H12Cl4N4O4. The fraction of sp³-hybridized carbons (Fsp3) is 0. The van der Waals surface area contributed by atoms with Gasteiger partial charge in [0.25, 0.3) is 11.6 Å². The largest absolute Gasteiger partial charge is 0.508 e. The molecule has 3 aromatic carbocycles. The van der Waals surface area contributed by atoms with Crippen molar-refractivity contribution in [2.75, 3.05) is 5.01 Å². The summed E-state index contributed by atoms with van der Waals surface area (Å²) in [6.45, 7) is 0. The number of phenols is 1. The van der Waals surface area contributed by atoms with Crippen molar-refractivity contribution < 1.29 is 14.8 Å². The first-order valence-corrected chi connectivity index (χ1v) is 10.9. The number of amidine groups is 1. The molecule has 0 bridgehead atoms. The average molecular weight is 538 g/mol. The lowest BCUT2D eigenvalue weighted by Crippen LogP contribution is -2.36. The summed E-state index contributed by atoms with van der Waals surface area (Å²) in [7, 11) is 0. The maximum atomic E-state index is 13.4. The van der Waals surface area contributed by atoms with Gasteiger partial charge in [-0.3, -0.25) is 20.3 Å². The number of nitro groups is 1. The first kappa shape index (κ1) is 23.8. The smallest absolute Gasteiger partial charge is 0.280 e. The van der Waals surface area contributed by atoms with Gasteiger partial charge in [0.05, 0.1) is 31.3 Å². The summed E-state index contributed by atoms with van der Waals surface area (Å²) < 4.78 is 0. The Labute approximate surface area is 212 Å². The summed E-state index contributed by atoms with van der Waals surface area (Å²) in [5.74, 6) is -0.460. The minimum atomic E-state index is -0.583. The highest BCUT2D eigenvalue weighted by molar-refractivity contribution is 6.44. The number of amides is 1. The molecule has 0 unspecified atom stereocenters. The fourth-order valence-electron chi connectivity index (χ4n) is 3.12. The van der Waals surface area contributed by atoms with E-state index >= 15 is 0 Å². The van der Waals surface area contributed by atoms with E-state index in [9.17, 15) is 20.0 Å². The van der Waals surface area contributed by atoms with Crippen molar-refractivity contribution in [2.45, 2.75) is 0 Å². The molecule has 12 heteroatoms. The van der Waals surface area contributed by atoms with Gasteiger partial charge in [0.2, 0.25) is 0 Å².